The zero-order chi connectivity index (χ0) is 13.1. The van der Waals surface area contributed by atoms with Crippen molar-refractivity contribution in [2.45, 2.75) is 52.1 Å². The van der Waals surface area contributed by atoms with E-state index < -0.39 is 0 Å². The average molecular weight is 246 g/mol. The summed E-state index contributed by atoms with van der Waals surface area (Å²) in [5, 5.41) is 0. The van der Waals surface area contributed by atoms with E-state index in [1.54, 1.807) is 0 Å². The molecule has 1 aromatic carbocycles. The summed E-state index contributed by atoms with van der Waals surface area (Å²) in [4.78, 5) is 2.56. The predicted octanol–water partition coefficient (Wildman–Crippen LogP) is 3.18. The van der Waals surface area contributed by atoms with Gasteiger partial charge in [-0.2, -0.15) is 0 Å². The lowest BCUT2D eigenvalue weighted by Gasteiger charge is -2.34. The molecule has 0 aromatic heterocycles. The quantitative estimate of drug-likeness (QED) is 0.868. The maximum absolute atomic E-state index is 6.45. The maximum atomic E-state index is 6.45. The zero-order valence-electron chi connectivity index (χ0n) is 11.9. The lowest BCUT2D eigenvalue weighted by Crippen LogP contribution is -2.40. The van der Waals surface area contributed by atoms with Crippen molar-refractivity contribution in [3.05, 3.63) is 34.9 Å². The molecule has 2 unspecified atom stereocenters. The van der Waals surface area contributed by atoms with Crippen LogP contribution in [0.25, 0.3) is 0 Å². The molecule has 0 bridgehead atoms. The molecule has 1 saturated heterocycles. The van der Waals surface area contributed by atoms with Crippen molar-refractivity contribution in [3.63, 3.8) is 0 Å². The third kappa shape index (κ3) is 2.76. The number of nitrogens with two attached hydrogens (primary N) is 1. The van der Waals surface area contributed by atoms with Crippen molar-refractivity contribution in [1.29, 1.82) is 0 Å². The van der Waals surface area contributed by atoms with Crippen molar-refractivity contribution < 1.29 is 0 Å². The van der Waals surface area contributed by atoms with Crippen LogP contribution in [-0.2, 0) is 0 Å². The van der Waals surface area contributed by atoms with Gasteiger partial charge in [-0.15, -0.1) is 0 Å². The van der Waals surface area contributed by atoms with Crippen LogP contribution in [-0.4, -0.2) is 24.0 Å². The Morgan fingerprint density at radius 2 is 2.06 bits per heavy atom. The molecule has 2 rings (SSSR count). The van der Waals surface area contributed by atoms with Gasteiger partial charge in [-0.25, -0.2) is 0 Å². The summed E-state index contributed by atoms with van der Waals surface area (Å²) < 4.78 is 0. The molecule has 1 aromatic rings. The van der Waals surface area contributed by atoms with Gasteiger partial charge in [0.15, 0.2) is 0 Å². The molecule has 2 N–H and O–H groups in total. The van der Waals surface area contributed by atoms with Gasteiger partial charge >= 0.3 is 0 Å². The molecule has 0 aliphatic carbocycles. The van der Waals surface area contributed by atoms with E-state index in [0.717, 1.165) is 13.0 Å². The minimum Gasteiger partial charge on any atom is -0.326 e. The van der Waals surface area contributed by atoms with Gasteiger partial charge < -0.3 is 5.73 Å². The van der Waals surface area contributed by atoms with E-state index in [0.29, 0.717) is 6.04 Å². The van der Waals surface area contributed by atoms with Crippen LogP contribution >= 0.6 is 0 Å². The van der Waals surface area contributed by atoms with Gasteiger partial charge in [0.25, 0.3) is 0 Å². The van der Waals surface area contributed by atoms with Crippen molar-refractivity contribution in [3.8, 4) is 0 Å². The molecule has 0 spiro atoms. The lowest BCUT2D eigenvalue weighted by atomic mass is 9.92. The average Bonchev–Trinajstić information content (AvgIpc) is 2.54. The highest BCUT2D eigenvalue weighted by atomic mass is 15.2. The Labute approximate surface area is 111 Å². The van der Waals surface area contributed by atoms with E-state index in [2.05, 4.69) is 43.9 Å². The Hall–Kier alpha value is -0.860. The highest BCUT2D eigenvalue weighted by Crippen LogP contribution is 2.31. The monoisotopic (exact) mass is 246 g/mol. The highest BCUT2D eigenvalue weighted by molar-refractivity contribution is 5.34. The molecule has 0 saturated carbocycles. The molecule has 18 heavy (non-hydrogen) atoms. The lowest BCUT2D eigenvalue weighted by molar-refractivity contribution is 0.195. The summed E-state index contributed by atoms with van der Waals surface area (Å²) in [7, 11) is 0. The minimum absolute atomic E-state index is 0.271. The van der Waals surface area contributed by atoms with Crippen LogP contribution in [0.15, 0.2) is 18.2 Å². The van der Waals surface area contributed by atoms with Gasteiger partial charge in [-0.3, -0.25) is 4.90 Å². The number of nitrogens with zero attached hydrogens (tertiary/aromatic N) is 1. The maximum Gasteiger partial charge on any atom is 0.0501 e. The topological polar surface area (TPSA) is 29.3 Å². The van der Waals surface area contributed by atoms with Gasteiger partial charge in [0.2, 0.25) is 0 Å². The molecular weight excluding hydrogens is 220 g/mol. The van der Waals surface area contributed by atoms with E-state index in [4.69, 9.17) is 5.73 Å². The molecule has 1 heterocycles. The molecule has 1 fully saturated rings. The fraction of sp³-hybridized carbons (Fsp3) is 0.625. The highest BCUT2D eigenvalue weighted by Gasteiger charge is 2.28. The number of hydrogen-bond donors (Lipinski definition) is 1. The Bertz CT molecular complexity index is 400. The first kappa shape index (κ1) is 13.6. The van der Waals surface area contributed by atoms with E-state index in [1.807, 2.05) is 0 Å². The van der Waals surface area contributed by atoms with Crippen LogP contribution in [0.3, 0.4) is 0 Å². The second-order valence-corrected chi connectivity index (χ2v) is 5.59. The van der Waals surface area contributed by atoms with E-state index >= 15 is 0 Å². The van der Waals surface area contributed by atoms with Gasteiger partial charge in [0.1, 0.15) is 0 Å². The van der Waals surface area contributed by atoms with E-state index in [1.165, 1.54) is 36.1 Å². The van der Waals surface area contributed by atoms with Crippen LogP contribution < -0.4 is 5.73 Å². The molecular formula is C16H26N2. The number of aryl methyl sites for hydroxylation is 2. The summed E-state index contributed by atoms with van der Waals surface area (Å²) >= 11 is 0. The Kier molecular flexibility index (Phi) is 4.41. The minimum atomic E-state index is 0.271. The van der Waals surface area contributed by atoms with Gasteiger partial charge in [-0.1, -0.05) is 37.1 Å². The third-order valence-corrected chi connectivity index (χ3v) is 4.19. The first-order valence-corrected chi connectivity index (χ1v) is 7.20. The predicted molar refractivity (Wildman–Crippen MR) is 77.7 cm³/mol. The zero-order valence-corrected chi connectivity index (χ0v) is 11.9. The summed E-state index contributed by atoms with van der Waals surface area (Å²) in [5.74, 6) is 0. The number of benzene rings is 1. The molecule has 1 aliphatic heterocycles. The van der Waals surface area contributed by atoms with Crippen molar-refractivity contribution in [2.75, 3.05) is 13.1 Å². The van der Waals surface area contributed by atoms with Crippen molar-refractivity contribution in [1.82, 2.24) is 4.90 Å². The molecule has 1 aliphatic rings. The summed E-state index contributed by atoms with van der Waals surface area (Å²) in [6.07, 6.45) is 3.69. The van der Waals surface area contributed by atoms with Crippen molar-refractivity contribution >= 4 is 0 Å². The van der Waals surface area contributed by atoms with Crippen LogP contribution in [0.5, 0.6) is 0 Å². The second kappa shape index (κ2) is 5.85. The molecule has 100 valence electrons. The molecule has 2 heteroatoms. The first-order chi connectivity index (χ1) is 8.63. The number of likely N-dealkylation sites (N-methyl/N-ethyl adjacent to an activating group) is 1. The largest absolute Gasteiger partial charge is 0.326 e. The number of hydrogen-bond acceptors (Lipinski definition) is 2. The number of likely N-dealkylation sites (tertiary alicyclic amines) is 1. The molecule has 0 amide bonds. The Morgan fingerprint density at radius 1 is 1.28 bits per heavy atom. The number of rotatable bonds is 2. The first-order valence-electron chi connectivity index (χ1n) is 7.20. The van der Waals surface area contributed by atoms with E-state index in [9.17, 15) is 0 Å². The fourth-order valence-electron chi connectivity index (χ4n) is 3.12. The standard InChI is InChI=1S/C16H26N2/c1-4-18-10-6-5-7-15(17)16(18)14-11-12(2)8-9-13(14)3/h8-9,11,15-16H,4-7,10,17H2,1-3H3. The van der Waals surface area contributed by atoms with Crippen LogP contribution in [0.4, 0.5) is 0 Å². The van der Waals surface area contributed by atoms with Gasteiger partial charge in [0.05, 0.1) is 6.04 Å². The Morgan fingerprint density at radius 3 is 2.78 bits per heavy atom. The van der Waals surface area contributed by atoms with Crippen molar-refractivity contribution in [2.24, 2.45) is 5.73 Å². The summed E-state index contributed by atoms with van der Waals surface area (Å²) in [5.41, 5.74) is 10.6. The normalized spacial score (nSPS) is 26.0. The molecule has 2 atom stereocenters. The van der Waals surface area contributed by atoms with Gasteiger partial charge in [0, 0.05) is 6.04 Å². The van der Waals surface area contributed by atoms with Gasteiger partial charge in [-0.05, 0) is 50.9 Å². The fourth-order valence-corrected chi connectivity index (χ4v) is 3.12. The van der Waals surface area contributed by atoms with Crippen LogP contribution in [0.2, 0.25) is 0 Å². The molecule has 0 radical (unpaired) electrons. The summed E-state index contributed by atoms with van der Waals surface area (Å²) in [6, 6.07) is 7.42. The SMILES string of the molecule is CCN1CCCCC(N)C1c1cc(C)ccc1C. The Balaban J connectivity index is 2.39. The smallest absolute Gasteiger partial charge is 0.0501 e. The van der Waals surface area contributed by atoms with Crippen LogP contribution in [0.1, 0.15) is 48.9 Å². The molecule has 2 nitrogen and oxygen atoms in total. The van der Waals surface area contributed by atoms with Crippen LogP contribution in [0, 0.1) is 13.8 Å². The summed E-state index contributed by atoms with van der Waals surface area (Å²) in [6.45, 7) is 8.89. The third-order valence-electron chi connectivity index (χ3n) is 4.19. The van der Waals surface area contributed by atoms with E-state index in [-0.39, 0.29) is 6.04 Å². The second-order valence-electron chi connectivity index (χ2n) is 5.59.